The van der Waals surface area contributed by atoms with Crippen molar-refractivity contribution in [3.05, 3.63) is 0 Å². The number of hydrogen-bond donors (Lipinski definition) is 1. The zero-order valence-corrected chi connectivity index (χ0v) is 13.1. The minimum Gasteiger partial charge on any atom is -0.393 e. The van der Waals surface area contributed by atoms with Crippen LogP contribution in [-0.2, 0) is 0 Å². The fourth-order valence-corrected chi connectivity index (χ4v) is 2.64. The van der Waals surface area contributed by atoms with Crippen molar-refractivity contribution in [3.8, 4) is 0 Å². The van der Waals surface area contributed by atoms with E-state index in [-0.39, 0.29) is 6.10 Å². The molecular weight excluding hydrogens is 220 g/mol. The minimum atomic E-state index is -0.0340. The maximum atomic E-state index is 9.89. The van der Waals surface area contributed by atoms with Gasteiger partial charge in [-0.2, -0.15) is 0 Å². The molecule has 0 aromatic rings. The van der Waals surface area contributed by atoms with Crippen molar-refractivity contribution in [3.63, 3.8) is 0 Å². The highest BCUT2D eigenvalue weighted by Crippen LogP contribution is 2.18. The standard InChI is InChI=1S/C17H36O/c1-4-7-8-9-10-14-17(18)15-12-11-13-16(5-2)6-3/h16-18H,4-15H2,1-3H3. The van der Waals surface area contributed by atoms with Gasteiger partial charge >= 0.3 is 0 Å². The fraction of sp³-hybridized carbons (Fsp3) is 1.00. The van der Waals surface area contributed by atoms with E-state index >= 15 is 0 Å². The average Bonchev–Trinajstić information content (AvgIpc) is 2.39. The molecule has 1 N–H and O–H groups in total. The minimum absolute atomic E-state index is 0.0340. The average molecular weight is 256 g/mol. The van der Waals surface area contributed by atoms with E-state index in [2.05, 4.69) is 20.8 Å². The van der Waals surface area contributed by atoms with Crippen LogP contribution in [0.2, 0.25) is 0 Å². The Hall–Kier alpha value is -0.0400. The number of aliphatic hydroxyl groups is 1. The van der Waals surface area contributed by atoms with Crippen molar-refractivity contribution in [2.24, 2.45) is 5.92 Å². The molecule has 18 heavy (non-hydrogen) atoms. The largest absolute Gasteiger partial charge is 0.393 e. The predicted molar refractivity (Wildman–Crippen MR) is 81.9 cm³/mol. The number of rotatable bonds is 13. The second-order valence-electron chi connectivity index (χ2n) is 5.82. The van der Waals surface area contributed by atoms with Crippen molar-refractivity contribution in [1.82, 2.24) is 0 Å². The number of unbranched alkanes of at least 4 members (excludes halogenated alkanes) is 5. The van der Waals surface area contributed by atoms with Crippen molar-refractivity contribution in [2.45, 2.75) is 104 Å². The first-order valence-corrected chi connectivity index (χ1v) is 8.42. The Kier molecular flexibility index (Phi) is 13.4. The summed E-state index contributed by atoms with van der Waals surface area (Å²) in [5.41, 5.74) is 0. The molecule has 0 aliphatic heterocycles. The van der Waals surface area contributed by atoms with Gasteiger partial charge in [0.15, 0.2) is 0 Å². The third-order valence-corrected chi connectivity index (χ3v) is 4.20. The van der Waals surface area contributed by atoms with E-state index in [0.29, 0.717) is 0 Å². The molecule has 0 saturated heterocycles. The van der Waals surface area contributed by atoms with E-state index in [4.69, 9.17) is 0 Å². The lowest BCUT2D eigenvalue weighted by Gasteiger charge is -2.13. The van der Waals surface area contributed by atoms with E-state index in [1.54, 1.807) is 0 Å². The van der Waals surface area contributed by atoms with E-state index in [9.17, 15) is 5.11 Å². The van der Waals surface area contributed by atoms with Crippen LogP contribution in [0.5, 0.6) is 0 Å². The van der Waals surface area contributed by atoms with Gasteiger partial charge in [-0.3, -0.25) is 0 Å². The summed E-state index contributed by atoms with van der Waals surface area (Å²) in [5, 5.41) is 9.89. The van der Waals surface area contributed by atoms with Crippen LogP contribution >= 0.6 is 0 Å². The molecule has 0 spiro atoms. The van der Waals surface area contributed by atoms with Crippen molar-refractivity contribution >= 4 is 0 Å². The van der Waals surface area contributed by atoms with E-state index < -0.39 is 0 Å². The number of hydrogen-bond acceptors (Lipinski definition) is 1. The third kappa shape index (κ3) is 11.1. The lowest BCUT2D eigenvalue weighted by Crippen LogP contribution is -2.06. The van der Waals surface area contributed by atoms with Crippen LogP contribution in [0, 0.1) is 5.92 Å². The van der Waals surface area contributed by atoms with E-state index in [0.717, 1.165) is 18.8 Å². The van der Waals surface area contributed by atoms with Gasteiger partial charge in [-0.25, -0.2) is 0 Å². The Bertz CT molecular complexity index is 152. The molecule has 0 saturated carbocycles. The SMILES string of the molecule is CCCCCCCC(O)CCCCC(CC)CC. The molecule has 0 amide bonds. The molecule has 0 heterocycles. The maximum Gasteiger partial charge on any atom is 0.0540 e. The fourth-order valence-electron chi connectivity index (χ4n) is 2.64. The monoisotopic (exact) mass is 256 g/mol. The molecule has 0 aromatic carbocycles. The van der Waals surface area contributed by atoms with Gasteiger partial charge in [0.1, 0.15) is 0 Å². The lowest BCUT2D eigenvalue weighted by atomic mass is 9.95. The molecule has 1 nitrogen and oxygen atoms in total. The normalized spacial score (nSPS) is 13.2. The van der Waals surface area contributed by atoms with Gasteiger partial charge in [-0.15, -0.1) is 0 Å². The molecule has 1 atom stereocenters. The van der Waals surface area contributed by atoms with Gasteiger partial charge in [-0.1, -0.05) is 85.0 Å². The zero-order chi connectivity index (χ0) is 13.6. The van der Waals surface area contributed by atoms with Crippen molar-refractivity contribution < 1.29 is 5.11 Å². The summed E-state index contributed by atoms with van der Waals surface area (Å²) in [5.74, 6) is 0.913. The van der Waals surface area contributed by atoms with Crippen LogP contribution in [0.3, 0.4) is 0 Å². The van der Waals surface area contributed by atoms with Crippen LogP contribution in [-0.4, -0.2) is 11.2 Å². The van der Waals surface area contributed by atoms with E-state index in [1.807, 2.05) is 0 Å². The third-order valence-electron chi connectivity index (χ3n) is 4.20. The molecular formula is C17H36O. The molecule has 0 aliphatic rings. The van der Waals surface area contributed by atoms with Crippen LogP contribution < -0.4 is 0 Å². The molecule has 0 radical (unpaired) electrons. The second-order valence-corrected chi connectivity index (χ2v) is 5.82. The maximum absolute atomic E-state index is 9.89. The van der Waals surface area contributed by atoms with Crippen LogP contribution in [0.1, 0.15) is 97.8 Å². The Balaban J connectivity index is 3.28. The first-order valence-electron chi connectivity index (χ1n) is 8.42. The van der Waals surface area contributed by atoms with Crippen LogP contribution in [0.15, 0.2) is 0 Å². The molecule has 110 valence electrons. The number of aliphatic hydroxyl groups excluding tert-OH is 1. The van der Waals surface area contributed by atoms with Gasteiger partial charge in [-0.05, 0) is 18.8 Å². The first-order chi connectivity index (χ1) is 8.74. The zero-order valence-electron chi connectivity index (χ0n) is 13.1. The Morgan fingerprint density at radius 3 is 1.72 bits per heavy atom. The molecule has 0 fully saturated rings. The molecule has 0 bridgehead atoms. The summed E-state index contributed by atoms with van der Waals surface area (Å²) in [6.45, 7) is 6.83. The van der Waals surface area contributed by atoms with E-state index in [1.165, 1.54) is 64.2 Å². The highest BCUT2D eigenvalue weighted by Gasteiger charge is 2.06. The molecule has 0 aliphatic carbocycles. The Labute approximate surface area is 115 Å². The molecule has 1 unspecified atom stereocenters. The van der Waals surface area contributed by atoms with Gasteiger partial charge in [0.25, 0.3) is 0 Å². The van der Waals surface area contributed by atoms with Crippen molar-refractivity contribution in [2.75, 3.05) is 0 Å². The topological polar surface area (TPSA) is 20.2 Å². The highest BCUT2D eigenvalue weighted by atomic mass is 16.3. The summed E-state index contributed by atoms with van der Waals surface area (Å²) in [7, 11) is 0. The Morgan fingerprint density at radius 1 is 0.667 bits per heavy atom. The predicted octanol–water partition coefficient (Wildman–Crippen LogP) is 5.70. The van der Waals surface area contributed by atoms with Gasteiger partial charge in [0, 0.05) is 0 Å². The Morgan fingerprint density at radius 2 is 1.17 bits per heavy atom. The summed E-state index contributed by atoms with van der Waals surface area (Å²) in [6.07, 6.45) is 15.0. The highest BCUT2D eigenvalue weighted by molar-refractivity contribution is 4.59. The lowest BCUT2D eigenvalue weighted by molar-refractivity contribution is 0.146. The van der Waals surface area contributed by atoms with Gasteiger partial charge in [0.2, 0.25) is 0 Å². The summed E-state index contributed by atoms with van der Waals surface area (Å²) in [4.78, 5) is 0. The first kappa shape index (κ1) is 18.0. The summed E-state index contributed by atoms with van der Waals surface area (Å²) >= 11 is 0. The molecule has 1 heteroatoms. The van der Waals surface area contributed by atoms with Gasteiger partial charge < -0.3 is 5.11 Å². The van der Waals surface area contributed by atoms with Crippen LogP contribution in [0.25, 0.3) is 0 Å². The van der Waals surface area contributed by atoms with Crippen LogP contribution in [0.4, 0.5) is 0 Å². The molecule has 0 aromatic heterocycles. The summed E-state index contributed by atoms with van der Waals surface area (Å²) < 4.78 is 0. The summed E-state index contributed by atoms with van der Waals surface area (Å²) in [6, 6.07) is 0. The quantitative estimate of drug-likeness (QED) is 0.419. The van der Waals surface area contributed by atoms with Crippen molar-refractivity contribution in [1.29, 1.82) is 0 Å². The smallest absolute Gasteiger partial charge is 0.0540 e. The second kappa shape index (κ2) is 13.4. The van der Waals surface area contributed by atoms with Gasteiger partial charge in [0.05, 0.1) is 6.10 Å². The molecule has 0 rings (SSSR count).